The van der Waals surface area contributed by atoms with E-state index in [2.05, 4.69) is 6.58 Å². The Bertz CT molecular complexity index is 567. The third-order valence-corrected chi connectivity index (χ3v) is 3.22. The number of carbonyl (C=O) groups is 1. The number of hydrogen-bond donors (Lipinski definition) is 0. The molecular weight excluding hydrogens is 264 g/mol. The van der Waals surface area contributed by atoms with E-state index < -0.39 is 0 Å². The van der Waals surface area contributed by atoms with Gasteiger partial charge < -0.3 is 9.47 Å². The second-order valence-corrected chi connectivity index (χ2v) is 4.70. The molecule has 1 aromatic carbocycles. The van der Waals surface area contributed by atoms with Gasteiger partial charge in [-0.05, 0) is 30.6 Å². The highest BCUT2D eigenvalue weighted by molar-refractivity contribution is 5.95. The summed E-state index contributed by atoms with van der Waals surface area (Å²) in [7, 11) is 0. The maximum absolute atomic E-state index is 12.2. The monoisotopic (exact) mass is 284 g/mol. The van der Waals surface area contributed by atoms with Crippen molar-refractivity contribution in [3.8, 4) is 0 Å². The van der Waals surface area contributed by atoms with E-state index in [0.29, 0.717) is 37.4 Å². The predicted molar refractivity (Wildman–Crippen MR) is 83.5 cm³/mol. The summed E-state index contributed by atoms with van der Waals surface area (Å²) in [4.78, 5) is 12.2. The molecule has 0 aromatic heterocycles. The molecule has 2 rings (SSSR count). The average molecular weight is 284 g/mol. The van der Waals surface area contributed by atoms with Crippen LogP contribution in [0.1, 0.15) is 25.3 Å². The minimum atomic E-state index is -0.303. The summed E-state index contributed by atoms with van der Waals surface area (Å²) in [5.74, 6) is 0.322. The summed E-state index contributed by atoms with van der Waals surface area (Å²) < 4.78 is 10.8. The molecule has 3 heteroatoms. The lowest BCUT2D eigenvalue weighted by molar-refractivity contribution is -0.139. The van der Waals surface area contributed by atoms with Crippen LogP contribution in [0.15, 0.2) is 60.4 Å². The van der Waals surface area contributed by atoms with E-state index in [1.54, 1.807) is 6.08 Å². The number of esters is 1. The van der Waals surface area contributed by atoms with E-state index >= 15 is 0 Å². The van der Waals surface area contributed by atoms with Gasteiger partial charge in [-0.2, -0.15) is 0 Å². The molecule has 0 N–H and O–H groups in total. The van der Waals surface area contributed by atoms with Gasteiger partial charge in [0.25, 0.3) is 0 Å². The number of carbonyl (C=O) groups excluding carboxylic acids is 1. The molecule has 3 nitrogen and oxygen atoms in total. The Morgan fingerprint density at radius 2 is 2.10 bits per heavy atom. The maximum atomic E-state index is 12.2. The summed E-state index contributed by atoms with van der Waals surface area (Å²) >= 11 is 0. The van der Waals surface area contributed by atoms with Gasteiger partial charge in [-0.25, -0.2) is 4.79 Å². The van der Waals surface area contributed by atoms with Gasteiger partial charge >= 0.3 is 5.97 Å². The van der Waals surface area contributed by atoms with Crippen molar-refractivity contribution < 1.29 is 14.3 Å². The van der Waals surface area contributed by atoms with E-state index in [1.165, 1.54) is 0 Å². The first kappa shape index (κ1) is 15.1. The van der Waals surface area contributed by atoms with Gasteiger partial charge in [-0.1, -0.05) is 36.4 Å². The van der Waals surface area contributed by atoms with Crippen LogP contribution in [-0.4, -0.2) is 19.2 Å². The predicted octanol–water partition coefficient (Wildman–Crippen LogP) is 3.88. The lowest BCUT2D eigenvalue weighted by atomic mass is 10.0. The van der Waals surface area contributed by atoms with Crippen LogP contribution in [0.5, 0.6) is 0 Å². The summed E-state index contributed by atoms with van der Waals surface area (Å²) in [5, 5.41) is 0. The smallest absolute Gasteiger partial charge is 0.338 e. The Morgan fingerprint density at radius 3 is 2.76 bits per heavy atom. The molecule has 0 bridgehead atoms. The van der Waals surface area contributed by atoms with Gasteiger partial charge in [0.05, 0.1) is 18.8 Å². The number of allylic oxidation sites excluding steroid dienone is 2. The SMILES string of the molecule is C=CCCOC(=O)C1=C(OCC)C=C(c2ccccc2)C1. The molecule has 0 heterocycles. The molecule has 110 valence electrons. The molecule has 0 atom stereocenters. The van der Waals surface area contributed by atoms with Crippen LogP contribution in [0.25, 0.3) is 5.57 Å². The van der Waals surface area contributed by atoms with Crippen LogP contribution in [-0.2, 0) is 14.3 Å². The zero-order chi connectivity index (χ0) is 15.1. The third-order valence-electron chi connectivity index (χ3n) is 3.22. The molecule has 0 spiro atoms. The van der Waals surface area contributed by atoms with Gasteiger partial charge in [-0.3, -0.25) is 0 Å². The highest BCUT2D eigenvalue weighted by atomic mass is 16.5. The second kappa shape index (κ2) is 7.48. The molecule has 0 fully saturated rings. The minimum Gasteiger partial charge on any atom is -0.493 e. The largest absolute Gasteiger partial charge is 0.493 e. The molecule has 0 saturated heterocycles. The van der Waals surface area contributed by atoms with Gasteiger partial charge in [0.1, 0.15) is 5.76 Å². The first-order valence-electron chi connectivity index (χ1n) is 7.16. The van der Waals surface area contributed by atoms with Crippen LogP contribution in [0.3, 0.4) is 0 Å². The summed E-state index contributed by atoms with van der Waals surface area (Å²) in [6.07, 6.45) is 4.87. The minimum absolute atomic E-state index is 0.303. The lowest BCUT2D eigenvalue weighted by Gasteiger charge is -2.08. The molecule has 0 saturated carbocycles. The van der Waals surface area contributed by atoms with Crippen LogP contribution in [0, 0.1) is 0 Å². The Balaban J connectivity index is 2.12. The lowest BCUT2D eigenvalue weighted by Crippen LogP contribution is -2.10. The van der Waals surface area contributed by atoms with Crippen molar-refractivity contribution in [2.75, 3.05) is 13.2 Å². The standard InChI is InChI=1S/C18H20O3/c1-3-5-11-21-18(19)16-12-15(13-17(16)20-4-2)14-9-7-6-8-10-14/h3,6-10,13H,1,4-5,11-12H2,2H3. The highest BCUT2D eigenvalue weighted by Gasteiger charge is 2.25. The van der Waals surface area contributed by atoms with E-state index in [0.717, 1.165) is 11.1 Å². The molecule has 1 aliphatic rings. The van der Waals surface area contributed by atoms with Gasteiger partial charge in [0.15, 0.2) is 0 Å². The van der Waals surface area contributed by atoms with Crippen LogP contribution < -0.4 is 0 Å². The van der Waals surface area contributed by atoms with Gasteiger partial charge in [-0.15, -0.1) is 6.58 Å². The second-order valence-electron chi connectivity index (χ2n) is 4.70. The van der Waals surface area contributed by atoms with E-state index in [1.807, 2.05) is 43.3 Å². The maximum Gasteiger partial charge on any atom is 0.338 e. The van der Waals surface area contributed by atoms with E-state index in [9.17, 15) is 4.79 Å². The van der Waals surface area contributed by atoms with Crippen molar-refractivity contribution in [3.63, 3.8) is 0 Å². The summed E-state index contributed by atoms with van der Waals surface area (Å²) in [6.45, 7) is 6.40. The molecule has 0 aliphatic heterocycles. The molecule has 0 radical (unpaired) electrons. The Morgan fingerprint density at radius 1 is 1.33 bits per heavy atom. The first-order valence-corrected chi connectivity index (χ1v) is 7.16. The zero-order valence-electron chi connectivity index (χ0n) is 12.3. The topological polar surface area (TPSA) is 35.5 Å². The van der Waals surface area contributed by atoms with Crippen LogP contribution >= 0.6 is 0 Å². The Kier molecular flexibility index (Phi) is 5.38. The van der Waals surface area contributed by atoms with Crippen molar-refractivity contribution in [2.24, 2.45) is 0 Å². The van der Waals surface area contributed by atoms with Crippen molar-refractivity contribution in [1.82, 2.24) is 0 Å². The van der Waals surface area contributed by atoms with Crippen LogP contribution in [0.4, 0.5) is 0 Å². The van der Waals surface area contributed by atoms with Gasteiger partial charge in [0, 0.05) is 6.42 Å². The normalized spacial score (nSPS) is 13.9. The number of rotatable bonds is 7. The molecular formula is C18H20O3. The Hall–Kier alpha value is -2.29. The van der Waals surface area contributed by atoms with Crippen molar-refractivity contribution in [3.05, 3.63) is 66.0 Å². The average Bonchev–Trinajstić information content (AvgIpc) is 2.93. The number of hydrogen-bond acceptors (Lipinski definition) is 3. The first-order chi connectivity index (χ1) is 10.3. The Labute approximate surface area is 125 Å². The molecule has 1 aliphatic carbocycles. The number of ether oxygens (including phenoxy) is 2. The molecule has 0 amide bonds. The molecule has 0 unspecified atom stereocenters. The van der Waals surface area contributed by atoms with Crippen molar-refractivity contribution in [2.45, 2.75) is 19.8 Å². The summed E-state index contributed by atoms with van der Waals surface area (Å²) in [5.41, 5.74) is 2.78. The van der Waals surface area contributed by atoms with E-state index in [4.69, 9.17) is 9.47 Å². The highest BCUT2D eigenvalue weighted by Crippen LogP contribution is 2.33. The fraction of sp³-hybridized carbons (Fsp3) is 0.278. The fourth-order valence-electron chi connectivity index (χ4n) is 2.19. The fourth-order valence-corrected chi connectivity index (χ4v) is 2.19. The van der Waals surface area contributed by atoms with Gasteiger partial charge in [0.2, 0.25) is 0 Å². The third kappa shape index (κ3) is 3.85. The van der Waals surface area contributed by atoms with Crippen molar-refractivity contribution in [1.29, 1.82) is 0 Å². The van der Waals surface area contributed by atoms with Crippen LogP contribution in [0.2, 0.25) is 0 Å². The zero-order valence-corrected chi connectivity index (χ0v) is 12.3. The van der Waals surface area contributed by atoms with E-state index in [-0.39, 0.29) is 5.97 Å². The quantitative estimate of drug-likeness (QED) is 0.433. The molecule has 1 aromatic rings. The molecule has 21 heavy (non-hydrogen) atoms. The summed E-state index contributed by atoms with van der Waals surface area (Å²) in [6, 6.07) is 10.00. The van der Waals surface area contributed by atoms with Crippen molar-refractivity contribution >= 4 is 11.5 Å². The number of benzene rings is 1.